The SMILES string of the molecule is Cc1ccc(C(=O)NCC(=O)NNC(=O)CN2CCCCCC2=O)cc1C. The van der Waals surface area contributed by atoms with Crippen molar-refractivity contribution in [1.29, 1.82) is 0 Å². The maximum Gasteiger partial charge on any atom is 0.257 e. The van der Waals surface area contributed by atoms with Crippen molar-refractivity contribution in [2.24, 2.45) is 0 Å². The summed E-state index contributed by atoms with van der Waals surface area (Å²) in [5, 5.41) is 2.50. The summed E-state index contributed by atoms with van der Waals surface area (Å²) in [7, 11) is 0. The molecule has 3 N–H and O–H groups in total. The lowest BCUT2D eigenvalue weighted by molar-refractivity contribution is -0.136. The Balaban J connectivity index is 1.72. The van der Waals surface area contributed by atoms with Gasteiger partial charge in [-0.3, -0.25) is 30.0 Å². The molecule has 8 heteroatoms. The summed E-state index contributed by atoms with van der Waals surface area (Å²) in [4.78, 5) is 49.1. The number of benzene rings is 1. The van der Waals surface area contributed by atoms with E-state index in [-0.39, 0.29) is 24.9 Å². The topological polar surface area (TPSA) is 108 Å². The van der Waals surface area contributed by atoms with Crippen LogP contribution in [-0.2, 0) is 14.4 Å². The van der Waals surface area contributed by atoms with Gasteiger partial charge in [-0.15, -0.1) is 0 Å². The van der Waals surface area contributed by atoms with Crippen LogP contribution in [0.3, 0.4) is 0 Å². The molecule has 0 spiro atoms. The van der Waals surface area contributed by atoms with Crippen LogP contribution >= 0.6 is 0 Å². The van der Waals surface area contributed by atoms with Crippen molar-refractivity contribution in [3.63, 3.8) is 0 Å². The van der Waals surface area contributed by atoms with Gasteiger partial charge in [0.2, 0.25) is 5.91 Å². The normalized spacial score (nSPS) is 14.3. The van der Waals surface area contributed by atoms with Crippen LogP contribution < -0.4 is 16.2 Å². The summed E-state index contributed by atoms with van der Waals surface area (Å²) in [6.07, 6.45) is 3.13. The van der Waals surface area contributed by atoms with Gasteiger partial charge in [-0.1, -0.05) is 12.5 Å². The maximum absolute atomic E-state index is 12.1. The molecule has 0 unspecified atom stereocenters. The highest BCUT2D eigenvalue weighted by Gasteiger charge is 2.19. The van der Waals surface area contributed by atoms with Gasteiger partial charge in [0.1, 0.15) is 6.54 Å². The number of hydrogen-bond acceptors (Lipinski definition) is 4. The van der Waals surface area contributed by atoms with E-state index in [1.807, 2.05) is 19.9 Å². The van der Waals surface area contributed by atoms with Gasteiger partial charge in [-0.2, -0.15) is 0 Å². The molecular weight excluding hydrogens is 348 g/mol. The van der Waals surface area contributed by atoms with Crippen LogP contribution in [-0.4, -0.2) is 48.2 Å². The molecule has 1 aromatic carbocycles. The zero-order valence-corrected chi connectivity index (χ0v) is 15.8. The van der Waals surface area contributed by atoms with Crippen molar-refractivity contribution in [3.05, 3.63) is 34.9 Å². The second kappa shape index (κ2) is 9.70. The van der Waals surface area contributed by atoms with Crippen LogP contribution in [0.15, 0.2) is 18.2 Å². The molecular formula is C19H26N4O4. The van der Waals surface area contributed by atoms with Crippen molar-refractivity contribution in [2.75, 3.05) is 19.6 Å². The monoisotopic (exact) mass is 374 g/mol. The average molecular weight is 374 g/mol. The summed E-state index contributed by atoms with van der Waals surface area (Å²) in [6.45, 7) is 4.05. The highest BCUT2D eigenvalue weighted by atomic mass is 16.2. The van der Waals surface area contributed by atoms with E-state index in [2.05, 4.69) is 16.2 Å². The Bertz CT molecular complexity index is 732. The number of aryl methyl sites for hydroxylation is 2. The second-order valence-corrected chi connectivity index (χ2v) is 6.70. The van der Waals surface area contributed by atoms with E-state index in [0.717, 1.165) is 30.4 Å². The quantitative estimate of drug-likeness (QED) is 0.655. The summed E-state index contributed by atoms with van der Waals surface area (Å²) in [5.41, 5.74) is 7.04. The molecule has 27 heavy (non-hydrogen) atoms. The molecule has 4 amide bonds. The molecule has 8 nitrogen and oxygen atoms in total. The molecule has 1 heterocycles. The third kappa shape index (κ3) is 6.40. The fourth-order valence-electron chi connectivity index (χ4n) is 2.75. The molecule has 0 bridgehead atoms. The lowest BCUT2D eigenvalue weighted by atomic mass is 10.1. The van der Waals surface area contributed by atoms with Crippen LogP contribution in [0.25, 0.3) is 0 Å². The molecule has 0 atom stereocenters. The number of nitrogens with zero attached hydrogens (tertiary/aromatic N) is 1. The molecule has 1 aromatic rings. The number of hydrogen-bond donors (Lipinski definition) is 3. The van der Waals surface area contributed by atoms with Gasteiger partial charge in [-0.25, -0.2) is 0 Å². The molecule has 0 radical (unpaired) electrons. The first-order valence-corrected chi connectivity index (χ1v) is 9.07. The van der Waals surface area contributed by atoms with Gasteiger partial charge in [0.25, 0.3) is 17.7 Å². The minimum Gasteiger partial charge on any atom is -0.343 e. The summed E-state index contributed by atoms with van der Waals surface area (Å²) < 4.78 is 0. The lowest BCUT2D eigenvalue weighted by Gasteiger charge is -2.19. The Morgan fingerprint density at radius 2 is 1.74 bits per heavy atom. The van der Waals surface area contributed by atoms with Gasteiger partial charge in [0, 0.05) is 18.5 Å². The van der Waals surface area contributed by atoms with Gasteiger partial charge in [0.05, 0.1) is 6.54 Å². The van der Waals surface area contributed by atoms with E-state index in [9.17, 15) is 19.2 Å². The van der Waals surface area contributed by atoms with Crippen molar-refractivity contribution in [1.82, 2.24) is 21.1 Å². The first kappa shape index (κ1) is 20.4. The zero-order valence-electron chi connectivity index (χ0n) is 15.8. The van der Waals surface area contributed by atoms with Crippen molar-refractivity contribution >= 4 is 23.6 Å². The fraction of sp³-hybridized carbons (Fsp3) is 0.474. The Hall–Kier alpha value is -2.90. The summed E-state index contributed by atoms with van der Waals surface area (Å²) in [6, 6.07) is 5.28. The van der Waals surface area contributed by atoms with E-state index < -0.39 is 11.8 Å². The first-order chi connectivity index (χ1) is 12.9. The third-order valence-corrected chi connectivity index (χ3v) is 4.53. The fourth-order valence-corrected chi connectivity index (χ4v) is 2.75. The molecule has 1 saturated heterocycles. The van der Waals surface area contributed by atoms with Crippen molar-refractivity contribution in [2.45, 2.75) is 39.5 Å². The van der Waals surface area contributed by atoms with Crippen molar-refractivity contribution in [3.8, 4) is 0 Å². The molecule has 1 fully saturated rings. The first-order valence-electron chi connectivity index (χ1n) is 9.07. The third-order valence-electron chi connectivity index (χ3n) is 4.53. The van der Waals surface area contributed by atoms with Gasteiger partial charge in [-0.05, 0) is 49.9 Å². The predicted molar refractivity (Wildman–Crippen MR) is 99.6 cm³/mol. The number of likely N-dealkylation sites (tertiary alicyclic amines) is 1. The molecule has 0 aromatic heterocycles. The largest absolute Gasteiger partial charge is 0.343 e. The molecule has 1 aliphatic heterocycles. The number of carbonyl (C=O) groups is 4. The van der Waals surface area contributed by atoms with E-state index in [4.69, 9.17) is 0 Å². The Morgan fingerprint density at radius 1 is 1.00 bits per heavy atom. The molecule has 146 valence electrons. The zero-order chi connectivity index (χ0) is 19.8. The number of carbonyl (C=O) groups excluding carboxylic acids is 4. The number of hydrazine groups is 1. The minimum absolute atomic E-state index is 0.0466. The van der Waals surface area contributed by atoms with E-state index >= 15 is 0 Å². The van der Waals surface area contributed by atoms with Crippen LogP contribution in [0.4, 0.5) is 0 Å². The van der Waals surface area contributed by atoms with E-state index in [1.54, 1.807) is 12.1 Å². The predicted octanol–water partition coefficient (Wildman–Crippen LogP) is 0.583. The standard InChI is InChI=1S/C19H26N4O4/c1-13-7-8-15(10-14(13)2)19(27)20-11-16(24)21-22-17(25)12-23-9-5-3-4-6-18(23)26/h7-8,10H,3-6,9,11-12H2,1-2H3,(H,20,27)(H,21,24)(H,22,25). The highest BCUT2D eigenvalue weighted by molar-refractivity contribution is 5.97. The number of rotatable bonds is 5. The molecule has 2 rings (SSSR count). The average Bonchev–Trinajstić information content (AvgIpc) is 2.84. The highest BCUT2D eigenvalue weighted by Crippen LogP contribution is 2.10. The molecule has 1 aliphatic rings. The van der Waals surface area contributed by atoms with Gasteiger partial charge in [0.15, 0.2) is 0 Å². The summed E-state index contributed by atoms with van der Waals surface area (Å²) in [5.74, 6) is -1.44. The molecule has 0 aliphatic carbocycles. The number of amides is 4. The minimum atomic E-state index is -0.553. The number of nitrogens with one attached hydrogen (secondary N) is 3. The van der Waals surface area contributed by atoms with Crippen LogP contribution in [0.5, 0.6) is 0 Å². The Morgan fingerprint density at radius 3 is 2.48 bits per heavy atom. The molecule has 0 saturated carbocycles. The summed E-state index contributed by atoms with van der Waals surface area (Å²) >= 11 is 0. The van der Waals surface area contributed by atoms with Gasteiger partial charge < -0.3 is 10.2 Å². The van der Waals surface area contributed by atoms with Crippen LogP contribution in [0.1, 0.15) is 47.2 Å². The van der Waals surface area contributed by atoms with E-state index in [0.29, 0.717) is 18.5 Å². The second-order valence-electron chi connectivity index (χ2n) is 6.70. The Kier molecular flexibility index (Phi) is 7.34. The van der Waals surface area contributed by atoms with Crippen molar-refractivity contribution < 1.29 is 19.2 Å². The smallest absolute Gasteiger partial charge is 0.257 e. The van der Waals surface area contributed by atoms with E-state index in [1.165, 1.54) is 4.90 Å². The van der Waals surface area contributed by atoms with Gasteiger partial charge >= 0.3 is 0 Å². The lowest BCUT2D eigenvalue weighted by Crippen LogP contribution is -2.50. The van der Waals surface area contributed by atoms with Crippen LogP contribution in [0, 0.1) is 13.8 Å². The van der Waals surface area contributed by atoms with Crippen LogP contribution in [0.2, 0.25) is 0 Å². The maximum atomic E-state index is 12.1. The Labute approximate surface area is 158 Å².